The van der Waals surface area contributed by atoms with Gasteiger partial charge in [0.1, 0.15) is 5.82 Å². The fourth-order valence-electron chi connectivity index (χ4n) is 3.20. The van der Waals surface area contributed by atoms with Crippen molar-refractivity contribution in [3.8, 4) is 0 Å². The number of halogens is 2. The SMILES string of the molecule is C/C=C(\C(=C/NC)c1nc2cc(F)c(F)cc2n1C1CC1)C(C)C.CC. The quantitative estimate of drug-likeness (QED) is 0.678. The molecule has 0 radical (unpaired) electrons. The van der Waals surface area contributed by atoms with Gasteiger partial charge in [0.25, 0.3) is 0 Å². The first-order valence-electron chi connectivity index (χ1n) is 9.39. The number of hydrogen-bond acceptors (Lipinski definition) is 2. The number of imidazole rings is 1. The summed E-state index contributed by atoms with van der Waals surface area (Å²) in [5, 5.41) is 3.09. The van der Waals surface area contributed by atoms with Gasteiger partial charge in [0, 0.05) is 37.0 Å². The van der Waals surface area contributed by atoms with Crippen molar-refractivity contribution in [1.82, 2.24) is 14.9 Å². The number of benzene rings is 1. The van der Waals surface area contributed by atoms with Crippen LogP contribution in [0, 0.1) is 17.6 Å². The smallest absolute Gasteiger partial charge is 0.161 e. The van der Waals surface area contributed by atoms with Gasteiger partial charge >= 0.3 is 0 Å². The zero-order valence-corrected chi connectivity index (χ0v) is 16.5. The van der Waals surface area contributed by atoms with E-state index in [4.69, 9.17) is 0 Å². The molecule has 1 saturated carbocycles. The highest BCUT2D eigenvalue weighted by molar-refractivity contribution is 5.84. The molecule has 5 heteroatoms. The first-order chi connectivity index (χ1) is 12.5. The number of hydrogen-bond donors (Lipinski definition) is 1. The molecule has 26 heavy (non-hydrogen) atoms. The number of fused-ring (bicyclic) bond motifs is 1. The highest BCUT2D eigenvalue weighted by Crippen LogP contribution is 2.42. The maximum Gasteiger partial charge on any atom is 0.161 e. The van der Waals surface area contributed by atoms with Crippen molar-refractivity contribution in [1.29, 1.82) is 0 Å². The van der Waals surface area contributed by atoms with Gasteiger partial charge in [-0.3, -0.25) is 0 Å². The molecule has 0 atom stereocenters. The summed E-state index contributed by atoms with van der Waals surface area (Å²) < 4.78 is 29.5. The summed E-state index contributed by atoms with van der Waals surface area (Å²) in [6, 6.07) is 2.76. The number of aromatic nitrogens is 2. The number of allylic oxidation sites excluding steroid dienone is 3. The van der Waals surface area contributed by atoms with E-state index >= 15 is 0 Å². The Kier molecular flexibility index (Phi) is 6.57. The molecule has 1 heterocycles. The Bertz CT molecular complexity index is 827. The fourth-order valence-corrected chi connectivity index (χ4v) is 3.20. The van der Waals surface area contributed by atoms with Crippen LogP contribution in [0.25, 0.3) is 16.6 Å². The molecule has 1 aliphatic rings. The zero-order valence-electron chi connectivity index (χ0n) is 16.5. The van der Waals surface area contributed by atoms with Crippen LogP contribution in [0.4, 0.5) is 8.78 Å². The van der Waals surface area contributed by atoms with E-state index in [0.717, 1.165) is 29.8 Å². The second-order valence-corrected chi connectivity index (χ2v) is 6.54. The van der Waals surface area contributed by atoms with E-state index in [1.807, 2.05) is 34.0 Å². The van der Waals surface area contributed by atoms with Crippen molar-refractivity contribution in [3.05, 3.63) is 47.4 Å². The summed E-state index contributed by atoms with van der Waals surface area (Å²) >= 11 is 0. The Hall–Kier alpha value is -2.17. The predicted octanol–water partition coefficient (Wildman–Crippen LogP) is 5.84. The van der Waals surface area contributed by atoms with Crippen molar-refractivity contribution in [2.24, 2.45) is 5.92 Å². The number of rotatable bonds is 5. The topological polar surface area (TPSA) is 29.9 Å². The molecule has 0 spiro atoms. The zero-order chi connectivity index (χ0) is 19.4. The Labute approximate surface area is 154 Å². The Morgan fingerprint density at radius 2 is 1.85 bits per heavy atom. The molecule has 0 aliphatic heterocycles. The molecular formula is C21H29F2N3. The maximum absolute atomic E-state index is 13.8. The van der Waals surface area contributed by atoms with Gasteiger partial charge < -0.3 is 9.88 Å². The minimum Gasteiger partial charge on any atom is -0.393 e. The van der Waals surface area contributed by atoms with Crippen LogP contribution in [0.15, 0.2) is 30.0 Å². The van der Waals surface area contributed by atoms with Crippen molar-refractivity contribution in [2.75, 3.05) is 7.05 Å². The lowest BCUT2D eigenvalue weighted by Crippen LogP contribution is -2.09. The van der Waals surface area contributed by atoms with Gasteiger partial charge in [-0.15, -0.1) is 0 Å². The Balaban J connectivity index is 0.00000117. The summed E-state index contributed by atoms with van der Waals surface area (Å²) in [5.41, 5.74) is 3.28. The van der Waals surface area contributed by atoms with Crippen LogP contribution in [0.5, 0.6) is 0 Å². The molecule has 1 N–H and O–H groups in total. The summed E-state index contributed by atoms with van der Waals surface area (Å²) in [6.45, 7) is 10.3. The number of nitrogens with zero attached hydrogens (tertiary/aromatic N) is 2. The van der Waals surface area contributed by atoms with E-state index < -0.39 is 11.6 Å². The number of nitrogens with one attached hydrogen (secondary N) is 1. The van der Waals surface area contributed by atoms with Crippen LogP contribution < -0.4 is 5.32 Å². The monoisotopic (exact) mass is 361 g/mol. The van der Waals surface area contributed by atoms with E-state index in [0.29, 0.717) is 23.0 Å². The highest BCUT2D eigenvalue weighted by Gasteiger charge is 2.31. The third-order valence-corrected chi connectivity index (χ3v) is 4.42. The van der Waals surface area contributed by atoms with Crippen molar-refractivity contribution in [3.63, 3.8) is 0 Å². The average Bonchev–Trinajstić information content (AvgIpc) is 3.39. The van der Waals surface area contributed by atoms with Crippen LogP contribution in [0.2, 0.25) is 0 Å². The molecule has 0 saturated heterocycles. The lowest BCUT2D eigenvalue weighted by Gasteiger charge is -2.17. The summed E-state index contributed by atoms with van der Waals surface area (Å²) in [4.78, 5) is 4.65. The third kappa shape index (κ3) is 3.81. The molecule has 142 valence electrons. The molecule has 0 unspecified atom stereocenters. The van der Waals surface area contributed by atoms with E-state index in [-0.39, 0.29) is 0 Å². The molecular weight excluding hydrogens is 332 g/mol. The van der Waals surface area contributed by atoms with Crippen LogP contribution >= 0.6 is 0 Å². The summed E-state index contributed by atoms with van der Waals surface area (Å²) in [6.07, 6.45) is 6.07. The van der Waals surface area contributed by atoms with E-state index in [2.05, 4.69) is 34.8 Å². The van der Waals surface area contributed by atoms with Crippen LogP contribution in [0.3, 0.4) is 0 Å². The van der Waals surface area contributed by atoms with Gasteiger partial charge in [-0.1, -0.05) is 33.8 Å². The Morgan fingerprint density at radius 1 is 1.23 bits per heavy atom. The van der Waals surface area contributed by atoms with Gasteiger partial charge in [0.15, 0.2) is 11.6 Å². The van der Waals surface area contributed by atoms with Crippen LogP contribution in [-0.2, 0) is 0 Å². The van der Waals surface area contributed by atoms with E-state index in [1.165, 1.54) is 12.1 Å². The predicted molar refractivity (Wildman–Crippen MR) is 105 cm³/mol. The van der Waals surface area contributed by atoms with Crippen molar-refractivity contribution in [2.45, 2.75) is 53.5 Å². The standard InChI is InChI=1S/C19H23F2N3.C2H6/c1-5-13(11(2)3)14(10-22-4)19-23-17-8-15(20)16(21)9-18(17)24(19)12-6-7-12;1-2/h5,8-12,22H,6-7H2,1-4H3;1-2H3/b13-5-,14-10+;. The largest absolute Gasteiger partial charge is 0.393 e. The lowest BCUT2D eigenvalue weighted by molar-refractivity contribution is 0.510. The summed E-state index contributed by atoms with van der Waals surface area (Å²) in [7, 11) is 1.84. The molecule has 1 aromatic heterocycles. The fraction of sp³-hybridized carbons (Fsp3) is 0.476. The molecule has 2 aromatic rings. The normalized spacial score (nSPS) is 15.3. The molecule has 3 nitrogen and oxygen atoms in total. The molecule has 0 bridgehead atoms. The van der Waals surface area contributed by atoms with Crippen LogP contribution in [-0.4, -0.2) is 16.6 Å². The van der Waals surface area contributed by atoms with Gasteiger partial charge in [-0.2, -0.15) is 0 Å². The van der Waals surface area contributed by atoms with Gasteiger partial charge in [-0.25, -0.2) is 13.8 Å². The third-order valence-electron chi connectivity index (χ3n) is 4.42. The maximum atomic E-state index is 13.8. The molecule has 1 aliphatic carbocycles. The minimum atomic E-state index is -0.858. The first kappa shape index (κ1) is 20.1. The summed E-state index contributed by atoms with van der Waals surface area (Å²) in [5.74, 6) is -0.599. The lowest BCUT2D eigenvalue weighted by atomic mass is 9.95. The van der Waals surface area contributed by atoms with Crippen molar-refractivity contribution < 1.29 is 8.78 Å². The van der Waals surface area contributed by atoms with Crippen LogP contribution in [0.1, 0.15) is 59.3 Å². The first-order valence-corrected chi connectivity index (χ1v) is 9.39. The highest BCUT2D eigenvalue weighted by atomic mass is 19.2. The second kappa shape index (κ2) is 8.47. The average molecular weight is 361 g/mol. The Morgan fingerprint density at radius 3 is 2.35 bits per heavy atom. The van der Waals surface area contributed by atoms with Gasteiger partial charge in [0.05, 0.1) is 11.0 Å². The second-order valence-electron chi connectivity index (χ2n) is 6.54. The molecule has 1 fully saturated rings. The molecule has 1 aromatic carbocycles. The van der Waals surface area contributed by atoms with Gasteiger partial charge in [-0.05, 0) is 31.3 Å². The van der Waals surface area contributed by atoms with E-state index in [1.54, 1.807) is 0 Å². The van der Waals surface area contributed by atoms with E-state index in [9.17, 15) is 8.78 Å². The van der Waals surface area contributed by atoms with Crippen molar-refractivity contribution >= 4 is 16.6 Å². The molecule has 0 amide bonds. The van der Waals surface area contributed by atoms with Gasteiger partial charge in [0.2, 0.25) is 0 Å². The minimum absolute atomic E-state index is 0.306. The molecule has 3 rings (SSSR count).